The van der Waals surface area contributed by atoms with Crippen molar-refractivity contribution >= 4 is 10.0 Å². The van der Waals surface area contributed by atoms with Gasteiger partial charge in [0, 0.05) is 17.7 Å². The van der Waals surface area contributed by atoms with E-state index in [1.165, 1.54) is 0 Å². The minimum atomic E-state index is -3.25. The highest BCUT2D eigenvalue weighted by atomic mass is 32.2. The maximum absolute atomic E-state index is 13.2. The molecule has 0 unspecified atom stereocenters. The number of hydrogen-bond acceptors (Lipinski definition) is 5. The van der Waals surface area contributed by atoms with E-state index >= 15 is 0 Å². The van der Waals surface area contributed by atoms with Crippen molar-refractivity contribution < 1.29 is 26.4 Å². The Hall–Kier alpha value is -2.78. The number of nitrogens with one attached hydrogen (secondary N) is 1. The highest BCUT2D eigenvalue weighted by Gasteiger charge is 2.22. The number of sulfonamides is 1. The molecule has 2 aromatic carbocycles. The minimum Gasteiger partial charge on any atom is -0.497 e. The lowest BCUT2D eigenvalue weighted by atomic mass is 10.0. The quantitative estimate of drug-likeness (QED) is 0.592. The van der Waals surface area contributed by atoms with Gasteiger partial charge < -0.3 is 9.15 Å². The van der Waals surface area contributed by atoms with Crippen molar-refractivity contribution in [3.63, 3.8) is 0 Å². The number of rotatable bonds is 8. The van der Waals surface area contributed by atoms with Crippen LogP contribution in [0.25, 0.3) is 22.6 Å². The molecule has 0 spiro atoms. The standard InChI is InChI=1S/C20H20F2N2O4S/c1-27-16-9-7-14(8-10-16)17-18(28-20(24-17)19(21)22)15-5-3-13(4-6-15)11-12-23-29(2,25)26/h3-10,19,23H,11-12H2,1-2H3. The number of aromatic nitrogens is 1. The van der Waals surface area contributed by atoms with Gasteiger partial charge >= 0.3 is 6.43 Å². The first kappa shape index (κ1) is 20.9. The summed E-state index contributed by atoms with van der Waals surface area (Å²) in [5, 5.41) is 0. The maximum atomic E-state index is 13.2. The van der Waals surface area contributed by atoms with E-state index in [4.69, 9.17) is 9.15 Å². The first-order valence-electron chi connectivity index (χ1n) is 8.74. The van der Waals surface area contributed by atoms with Crippen molar-refractivity contribution in [2.75, 3.05) is 19.9 Å². The predicted molar refractivity (Wildman–Crippen MR) is 105 cm³/mol. The molecule has 3 aromatic rings. The molecule has 1 heterocycles. The summed E-state index contributed by atoms with van der Waals surface area (Å²) in [6.45, 7) is 0.271. The third-order valence-corrected chi connectivity index (χ3v) is 4.92. The van der Waals surface area contributed by atoms with Crippen LogP contribution in [0.3, 0.4) is 0 Å². The van der Waals surface area contributed by atoms with Crippen molar-refractivity contribution in [1.82, 2.24) is 9.71 Å². The van der Waals surface area contributed by atoms with Crippen molar-refractivity contribution in [2.45, 2.75) is 12.8 Å². The van der Waals surface area contributed by atoms with Crippen LogP contribution in [0.2, 0.25) is 0 Å². The molecular formula is C20H20F2N2O4S. The molecule has 29 heavy (non-hydrogen) atoms. The SMILES string of the molecule is COc1ccc(-c2nc(C(F)F)oc2-c2ccc(CCNS(C)(=O)=O)cc2)cc1. The second-order valence-corrected chi connectivity index (χ2v) is 8.21. The summed E-state index contributed by atoms with van der Waals surface area (Å²) in [5.74, 6) is 0.235. The molecule has 0 bridgehead atoms. The molecule has 0 radical (unpaired) electrons. The van der Waals surface area contributed by atoms with Gasteiger partial charge in [-0.15, -0.1) is 0 Å². The van der Waals surface area contributed by atoms with Crippen molar-refractivity contribution in [3.8, 4) is 28.3 Å². The third kappa shape index (κ3) is 5.39. The average molecular weight is 422 g/mol. The van der Waals surface area contributed by atoms with Crippen LogP contribution in [0.1, 0.15) is 17.9 Å². The molecule has 1 aromatic heterocycles. The summed E-state index contributed by atoms with van der Waals surface area (Å²) < 4.78 is 61.5. The molecule has 9 heteroatoms. The lowest BCUT2D eigenvalue weighted by Crippen LogP contribution is -2.24. The van der Waals surface area contributed by atoms with Gasteiger partial charge in [0.05, 0.1) is 13.4 Å². The Morgan fingerprint density at radius 3 is 2.24 bits per heavy atom. The predicted octanol–water partition coefficient (Wildman–Crippen LogP) is 4.05. The zero-order valence-electron chi connectivity index (χ0n) is 15.9. The van der Waals surface area contributed by atoms with Crippen LogP contribution in [0.5, 0.6) is 5.75 Å². The molecule has 0 fully saturated rings. The normalized spacial score (nSPS) is 11.8. The zero-order chi connectivity index (χ0) is 21.0. The van der Waals surface area contributed by atoms with Gasteiger partial charge in [-0.3, -0.25) is 0 Å². The number of alkyl halides is 2. The van der Waals surface area contributed by atoms with E-state index in [-0.39, 0.29) is 12.3 Å². The Labute approximate surface area is 167 Å². The summed E-state index contributed by atoms with van der Waals surface area (Å²) in [4.78, 5) is 3.98. The third-order valence-electron chi connectivity index (χ3n) is 4.19. The molecule has 154 valence electrons. The molecule has 0 aliphatic carbocycles. The fourth-order valence-electron chi connectivity index (χ4n) is 2.77. The second kappa shape index (κ2) is 8.71. The van der Waals surface area contributed by atoms with E-state index in [9.17, 15) is 17.2 Å². The summed E-state index contributed by atoms with van der Waals surface area (Å²) in [6, 6.07) is 13.9. The van der Waals surface area contributed by atoms with Crippen LogP contribution >= 0.6 is 0 Å². The summed E-state index contributed by atoms with van der Waals surface area (Å²) in [7, 11) is -1.71. The Morgan fingerprint density at radius 1 is 1.07 bits per heavy atom. The Morgan fingerprint density at radius 2 is 1.69 bits per heavy atom. The van der Waals surface area contributed by atoms with Crippen LogP contribution in [-0.2, 0) is 16.4 Å². The van der Waals surface area contributed by atoms with Crippen LogP contribution in [0.4, 0.5) is 8.78 Å². The van der Waals surface area contributed by atoms with Crippen LogP contribution in [0, 0.1) is 0 Å². The van der Waals surface area contributed by atoms with Crippen LogP contribution in [0.15, 0.2) is 52.9 Å². The monoisotopic (exact) mass is 422 g/mol. The number of halogens is 2. The van der Waals surface area contributed by atoms with E-state index in [0.717, 1.165) is 11.8 Å². The van der Waals surface area contributed by atoms with Crippen LogP contribution in [-0.4, -0.2) is 33.3 Å². The number of benzene rings is 2. The lowest BCUT2D eigenvalue weighted by molar-refractivity contribution is 0.116. The Balaban J connectivity index is 1.88. The van der Waals surface area contributed by atoms with E-state index in [2.05, 4.69) is 9.71 Å². The molecule has 0 saturated heterocycles. The maximum Gasteiger partial charge on any atom is 0.313 e. The van der Waals surface area contributed by atoms with E-state index < -0.39 is 22.3 Å². The highest BCUT2D eigenvalue weighted by Crippen LogP contribution is 2.36. The van der Waals surface area contributed by atoms with Gasteiger partial charge in [-0.05, 0) is 36.2 Å². The van der Waals surface area contributed by atoms with E-state index in [1.54, 1.807) is 55.6 Å². The molecule has 0 amide bonds. The lowest BCUT2D eigenvalue weighted by Gasteiger charge is -2.06. The largest absolute Gasteiger partial charge is 0.497 e. The molecule has 0 saturated carbocycles. The molecule has 3 rings (SSSR count). The fraction of sp³-hybridized carbons (Fsp3) is 0.250. The van der Waals surface area contributed by atoms with Gasteiger partial charge in [0.2, 0.25) is 10.0 Å². The van der Waals surface area contributed by atoms with Gasteiger partial charge in [-0.25, -0.2) is 18.1 Å². The average Bonchev–Trinajstić information content (AvgIpc) is 3.13. The Kier molecular flexibility index (Phi) is 6.29. The topological polar surface area (TPSA) is 81.4 Å². The van der Waals surface area contributed by atoms with E-state index in [0.29, 0.717) is 29.0 Å². The molecule has 0 aliphatic rings. The summed E-state index contributed by atoms with van der Waals surface area (Å²) in [6.07, 6.45) is -1.24. The van der Waals surface area contributed by atoms with Gasteiger partial charge in [-0.1, -0.05) is 24.3 Å². The molecular weight excluding hydrogens is 402 g/mol. The first-order chi connectivity index (χ1) is 13.8. The Bertz CT molecular complexity index is 1060. The molecule has 0 atom stereocenters. The highest BCUT2D eigenvalue weighted by molar-refractivity contribution is 7.88. The van der Waals surface area contributed by atoms with Gasteiger partial charge in [0.1, 0.15) is 11.4 Å². The first-order valence-corrected chi connectivity index (χ1v) is 10.6. The summed E-state index contributed by atoms with van der Waals surface area (Å²) in [5.41, 5.74) is 2.42. The minimum absolute atomic E-state index is 0.242. The number of oxazole rings is 1. The number of ether oxygens (including phenoxy) is 1. The smallest absolute Gasteiger partial charge is 0.313 e. The van der Waals surface area contributed by atoms with Crippen molar-refractivity contribution in [2.24, 2.45) is 0 Å². The van der Waals surface area contributed by atoms with Crippen molar-refractivity contribution in [3.05, 3.63) is 60.0 Å². The van der Waals surface area contributed by atoms with Gasteiger partial charge in [-0.2, -0.15) is 8.78 Å². The molecule has 1 N–H and O–H groups in total. The molecule has 0 aliphatic heterocycles. The fourth-order valence-corrected chi connectivity index (χ4v) is 3.25. The van der Waals surface area contributed by atoms with Gasteiger partial charge in [0.15, 0.2) is 5.76 Å². The van der Waals surface area contributed by atoms with Crippen LogP contribution < -0.4 is 9.46 Å². The number of hydrogen-bond donors (Lipinski definition) is 1. The second-order valence-electron chi connectivity index (χ2n) is 6.37. The summed E-state index contributed by atoms with van der Waals surface area (Å²) >= 11 is 0. The van der Waals surface area contributed by atoms with Crippen molar-refractivity contribution in [1.29, 1.82) is 0 Å². The number of nitrogens with zero attached hydrogens (tertiary/aromatic N) is 1. The number of methoxy groups -OCH3 is 1. The van der Waals surface area contributed by atoms with E-state index in [1.807, 2.05) is 0 Å². The van der Waals surface area contributed by atoms with Gasteiger partial charge in [0.25, 0.3) is 5.89 Å². The molecule has 6 nitrogen and oxygen atoms in total. The zero-order valence-corrected chi connectivity index (χ0v) is 16.7.